The van der Waals surface area contributed by atoms with Gasteiger partial charge in [-0.3, -0.25) is 4.79 Å². The maximum Gasteiger partial charge on any atom is 0.315 e. The molecule has 0 aromatic heterocycles. The number of carbonyl (C=O) groups excluding carboxylic acids is 1. The smallest absolute Gasteiger partial charge is 0.315 e. The Balaban J connectivity index is 1.03. The summed E-state index contributed by atoms with van der Waals surface area (Å²) in [6, 6.07) is 0. The summed E-state index contributed by atoms with van der Waals surface area (Å²) in [6.07, 6.45) is -30.3. The average Bonchev–Trinajstić information content (AvgIpc) is 2.39. The Kier molecular flexibility index (Phi) is 16.7. The van der Waals surface area contributed by atoms with Crippen LogP contribution >= 0.6 is 0 Å². The lowest BCUT2D eigenvalue weighted by Gasteiger charge is -2.71. The minimum absolute atomic E-state index is 0.0402. The first-order valence-electron chi connectivity index (χ1n) is 27.9. The van der Waals surface area contributed by atoms with E-state index in [1.807, 2.05) is 27.7 Å². The van der Waals surface area contributed by atoms with Crippen LogP contribution in [0.15, 0.2) is 11.6 Å². The molecule has 29 atom stereocenters. The third-order valence-electron chi connectivity index (χ3n) is 22.1. The van der Waals surface area contributed by atoms with Crippen LogP contribution < -0.4 is 0 Å². The van der Waals surface area contributed by atoms with Gasteiger partial charge in [-0.1, -0.05) is 60.1 Å². The number of aliphatic hydroxyl groups excluding tert-OH is 15. The van der Waals surface area contributed by atoms with E-state index in [2.05, 4.69) is 26.8 Å². The highest BCUT2D eigenvalue weighted by Crippen LogP contribution is 2.76. The molecule has 16 N–H and O–H groups in total. The SMILES string of the molecule is CC1(C)CC[C@]2(C(=O)O[C@@H]3O[C@H](CO)[C@@H](O)[C@H](O)[C@H]3O)CC[C@]3(C)C(=CC[C@@H]4[C@@]5(C)CC[C@H](O[C@@H]6O[C@H](CO)[C@@H](O)[C@@](O)([C@@H]7O[C@H](CO)[C@@H](O)[C@H](O)[C@H]7O)[C@H]6O[C@@H]6O[C@H](CO)[C@@H](O)[C@H](O)[C@H]6O)C(C)(C)[C@@H]5CC[C@]43C)[C@@H]2[C@@H]1O. The fourth-order valence-electron chi connectivity index (χ4n) is 16.9. The lowest BCUT2D eigenvalue weighted by atomic mass is 9.33. The molecule has 0 aromatic rings. The van der Waals surface area contributed by atoms with Gasteiger partial charge in [0.15, 0.2) is 18.2 Å². The van der Waals surface area contributed by atoms with Crippen molar-refractivity contribution in [1.82, 2.24) is 0 Å². The zero-order chi connectivity index (χ0) is 57.4. The van der Waals surface area contributed by atoms with Gasteiger partial charge in [-0.15, -0.1) is 0 Å². The van der Waals surface area contributed by atoms with Gasteiger partial charge in [0.1, 0.15) is 97.7 Å². The summed E-state index contributed by atoms with van der Waals surface area (Å²) in [5.74, 6) is -1.43. The number of esters is 1. The van der Waals surface area contributed by atoms with Crippen LogP contribution in [-0.2, 0) is 38.0 Å². The fraction of sp³-hybridized carbons (Fsp3) is 0.944. The van der Waals surface area contributed by atoms with Crippen LogP contribution in [0, 0.1) is 50.2 Å². The van der Waals surface area contributed by atoms with Crippen LogP contribution in [-0.4, -0.2) is 248 Å². The molecular formula is C54H88O24. The Bertz CT molecular complexity index is 2180. The molecule has 24 nitrogen and oxygen atoms in total. The topological polar surface area (TPSA) is 405 Å². The zero-order valence-electron chi connectivity index (χ0n) is 45.5. The quantitative estimate of drug-likeness (QED) is 0.0538. The maximum absolute atomic E-state index is 14.8. The van der Waals surface area contributed by atoms with E-state index in [1.54, 1.807) is 0 Å². The molecule has 9 rings (SSSR count). The molecule has 4 aliphatic heterocycles. The van der Waals surface area contributed by atoms with Crippen molar-refractivity contribution in [2.24, 2.45) is 50.2 Å². The number of allylic oxidation sites excluding steroid dienone is 1. The van der Waals surface area contributed by atoms with E-state index < -0.39 is 200 Å². The van der Waals surface area contributed by atoms with Crippen molar-refractivity contribution in [3.8, 4) is 0 Å². The third-order valence-corrected chi connectivity index (χ3v) is 22.1. The summed E-state index contributed by atoms with van der Waals surface area (Å²) < 4.78 is 42.5. The fourth-order valence-corrected chi connectivity index (χ4v) is 16.9. The first-order chi connectivity index (χ1) is 36.4. The minimum atomic E-state index is -3.01. The van der Waals surface area contributed by atoms with Crippen molar-refractivity contribution in [1.29, 1.82) is 0 Å². The van der Waals surface area contributed by atoms with Crippen LogP contribution in [0.4, 0.5) is 0 Å². The van der Waals surface area contributed by atoms with Gasteiger partial charge in [-0.05, 0) is 96.7 Å². The summed E-state index contributed by atoms with van der Waals surface area (Å²) in [5, 5.41) is 176. The zero-order valence-corrected chi connectivity index (χ0v) is 45.5. The monoisotopic (exact) mass is 1120 g/mol. The highest BCUT2D eigenvalue weighted by atomic mass is 16.8. The Morgan fingerprint density at radius 1 is 0.551 bits per heavy atom. The number of hydrogen-bond acceptors (Lipinski definition) is 24. The standard InChI is InChI=1S/C54H88O24/c1-48(2)14-16-53(47(70)78-45-39(67)36(64)33(61)25(20-57)74-45)17-15-51(6)22(30(53)41(48)69)8-9-28-50(5)12-11-29(49(3,4)27(50)10-13-52(28,51)7)76-46-43(77-44-38(66)35(63)32(60)24(19-56)73-44)54(71,40(68)26(21-58)75-46)42-37(65)34(62)31(59)23(18-55)72-42/h8,23-46,55-69,71H,9-21H2,1-7H3/t23-,24-,25-,26-,27+,28-,29+,30-,31-,32-,33-,34+,35+,36+,37-,38-,39-,40-,41+,42-,43+,44+,45+,46+,50+,51-,52-,53+,54-/m1/s1. The molecule has 448 valence electrons. The Morgan fingerprint density at radius 2 is 1.08 bits per heavy atom. The van der Waals surface area contributed by atoms with Gasteiger partial charge in [0.25, 0.3) is 0 Å². The number of aliphatic hydroxyl groups is 16. The summed E-state index contributed by atoms with van der Waals surface area (Å²) in [4.78, 5) is 14.8. The molecule has 4 saturated carbocycles. The van der Waals surface area contributed by atoms with E-state index in [1.165, 1.54) is 0 Å². The van der Waals surface area contributed by atoms with E-state index in [0.29, 0.717) is 57.8 Å². The minimum Gasteiger partial charge on any atom is -0.432 e. The molecule has 4 heterocycles. The van der Waals surface area contributed by atoms with E-state index in [-0.39, 0.29) is 17.3 Å². The Labute approximate surface area is 453 Å². The van der Waals surface area contributed by atoms with Crippen molar-refractivity contribution in [3.05, 3.63) is 11.6 Å². The van der Waals surface area contributed by atoms with Crippen LogP contribution in [0.1, 0.15) is 106 Å². The van der Waals surface area contributed by atoms with Gasteiger partial charge in [0.05, 0.1) is 44.1 Å². The predicted molar refractivity (Wildman–Crippen MR) is 264 cm³/mol. The molecule has 8 fully saturated rings. The highest BCUT2D eigenvalue weighted by molar-refractivity contribution is 5.79. The van der Waals surface area contributed by atoms with Gasteiger partial charge >= 0.3 is 5.97 Å². The first-order valence-corrected chi connectivity index (χ1v) is 27.9. The van der Waals surface area contributed by atoms with Gasteiger partial charge in [-0.2, -0.15) is 0 Å². The molecule has 0 spiro atoms. The second kappa shape index (κ2) is 21.4. The number of carbonyl (C=O) groups is 1. The summed E-state index contributed by atoms with van der Waals surface area (Å²) in [7, 11) is 0. The van der Waals surface area contributed by atoms with E-state index in [0.717, 1.165) is 5.57 Å². The second-order valence-electron chi connectivity index (χ2n) is 26.5. The molecule has 0 radical (unpaired) electrons. The predicted octanol–water partition coefficient (Wildman–Crippen LogP) is -3.68. The van der Waals surface area contributed by atoms with Gasteiger partial charge in [-0.25, -0.2) is 0 Å². The van der Waals surface area contributed by atoms with Gasteiger partial charge in [0, 0.05) is 5.92 Å². The molecule has 0 bridgehead atoms. The van der Waals surface area contributed by atoms with Gasteiger partial charge < -0.3 is 115 Å². The Hall–Kier alpha value is -1.67. The second-order valence-corrected chi connectivity index (χ2v) is 26.5. The molecule has 0 amide bonds. The number of ether oxygens (including phenoxy) is 7. The molecular weight excluding hydrogens is 1030 g/mol. The van der Waals surface area contributed by atoms with Crippen molar-refractivity contribution >= 4 is 5.97 Å². The van der Waals surface area contributed by atoms with Crippen molar-refractivity contribution < 1.29 is 120 Å². The Morgan fingerprint density at radius 3 is 1.67 bits per heavy atom. The normalized spacial score (nSPS) is 54.8. The lowest BCUT2D eigenvalue weighted by molar-refractivity contribution is -0.417. The number of hydrogen-bond donors (Lipinski definition) is 16. The molecule has 4 saturated heterocycles. The largest absolute Gasteiger partial charge is 0.432 e. The molecule has 24 heteroatoms. The molecule has 0 unspecified atom stereocenters. The summed E-state index contributed by atoms with van der Waals surface area (Å²) >= 11 is 0. The molecule has 9 aliphatic rings. The van der Waals surface area contributed by atoms with Crippen LogP contribution in [0.3, 0.4) is 0 Å². The van der Waals surface area contributed by atoms with Crippen molar-refractivity contribution in [2.45, 2.75) is 241 Å². The van der Waals surface area contributed by atoms with Gasteiger partial charge in [0.2, 0.25) is 6.29 Å². The first kappa shape index (κ1) is 60.9. The van der Waals surface area contributed by atoms with Crippen LogP contribution in [0.2, 0.25) is 0 Å². The van der Waals surface area contributed by atoms with Crippen LogP contribution in [0.25, 0.3) is 0 Å². The summed E-state index contributed by atoms with van der Waals surface area (Å²) in [6.45, 7) is 11.4. The number of rotatable bonds is 11. The maximum atomic E-state index is 14.8. The molecule has 0 aromatic carbocycles. The lowest BCUT2D eigenvalue weighted by Crippen LogP contribution is -2.79. The van der Waals surface area contributed by atoms with Crippen molar-refractivity contribution in [3.63, 3.8) is 0 Å². The number of fused-ring (bicyclic) bond motifs is 7. The molecule has 78 heavy (non-hydrogen) atoms. The third kappa shape index (κ3) is 9.03. The van der Waals surface area contributed by atoms with E-state index in [4.69, 9.17) is 33.2 Å². The van der Waals surface area contributed by atoms with E-state index in [9.17, 15) is 86.5 Å². The summed E-state index contributed by atoms with van der Waals surface area (Å²) in [5.41, 5.74) is -5.99. The van der Waals surface area contributed by atoms with Crippen LogP contribution in [0.5, 0.6) is 0 Å². The highest BCUT2D eigenvalue weighted by Gasteiger charge is 2.73. The van der Waals surface area contributed by atoms with Crippen molar-refractivity contribution in [2.75, 3.05) is 26.4 Å². The van der Waals surface area contributed by atoms with E-state index >= 15 is 0 Å². The molecule has 5 aliphatic carbocycles. The average molecular weight is 1120 g/mol.